The van der Waals surface area contributed by atoms with Gasteiger partial charge in [0, 0.05) is 28.9 Å². The van der Waals surface area contributed by atoms with Crippen LogP contribution < -0.4 is 5.32 Å². The molecule has 152 valence electrons. The number of nitrogens with zero attached hydrogens (tertiary/aromatic N) is 5. The zero-order valence-electron chi connectivity index (χ0n) is 17.2. The summed E-state index contributed by atoms with van der Waals surface area (Å²) in [6, 6.07) is 10.9. The van der Waals surface area contributed by atoms with Crippen LogP contribution in [0.5, 0.6) is 0 Å². The SMILES string of the molecule is CC(C)n1cc2cc(NC(=O)c3ccc4cc(C#N)cnn34)c(C(C)(C)O)cc2n1. The highest BCUT2D eigenvalue weighted by molar-refractivity contribution is 6.05. The van der Waals surface area contributed by atoms with E-state index in [1.54, 1.807) is 38.1 Å². The van der Waals surface area contributed by atoms with E-state index in [0.29, 0.717) is 28.0 Å². The maximum atomic E-state index is 13.0. The van der Waals surface area contributed by atoms with Gasteiger partial charge in [-0.15, -0.1) is 0 Å². The number of nitrogens with one attached hydrogen (secondary N) is 1. The molecule has 0 saturated carbocycles. The summed E-state index contributed by atoms with van der Waals surface area (Å²) in [5.41, 5.74) is 2.04. The first-order chi connectivity index (χ1) is 14.2. The van der Waals surface area contributed by atoms with E-state index in [2.05, 4.69) is 15.5 Å². The summed E-state index contributed by atoms with van der Waals surface area (Å²) in [5, 5.41) is 32.2. The van der Waals surface area contributed by atoms with Gasteiger partial charge in [0.25, 0.3) is 5.91 Å². The molecule has 0 bridgehead atoms. The van der Waals surface area contributed by atoms with Crippen molar-refractivity contribution in [1.29, 1.82) is 5.26 Å². The molecule has 0 aliphatic heterocycles. The first-order valence-corrected chi connectivity index (χ1v) is 9.62. The molecule has 3 heterocycles. The van der Waals surface area contributed by atoms with Gasteiger partial charge < -0.3 is 10.4 Å². The predicted octanol–water partition coefficient (Wildman–Crippen LogP) is 3.62. The van der Waals surface area contributed by atoms with Crippen LogP contribution >= 0.6 is 0 Å². The summed E-state index contributed by atoms with van der Waals surface area (Å²) in [6.45, 7) is 7.41. The third-order valence-corrected chi connectivity index (χ3v) is 4.96. The zero-order chi connectivity index (χ0) is 21.6. The highest BCUT2D eigenvalue weighted by atomic mass is 16.3. The lowest BCUT2D eigenvalue weighted by molar-refractivity contribution is 0.0793. The van der Waals surface area contributed by atoms with Gasteiger partial charge in [0.05, 0.1) is 28.4 Å². The van der Waals surface area contributed by atoms with Crippen LogP contribution in [0.25, 0.3) is 16.4 Å². The second-order valence-electron chi connectivity index (χ2n) is 8.08. The van der Waals surface area contributed by atoms with Crippen LogP contribution in [0, 0.1) is 11.3 Å². The third-order valence-electron chi connectivity index (χ3n) is 4.96. The molecule has 3 aromatic heterocycles. The van der Waals surface area contributed by atoms with Gasteiger partial charge in [-0.1, -0.05) is 0 Å². The minimum Gasteiger partial charge on any atom is -0.386 e. The Hall–Kier alpha value is -3.70. The van der Waals surface area contributed by atoms with E-state index in [1.807, 2.05) is 36.9 Å². The number of carbonyl (C=O) groups is 1. The number of nitriles is 1. The van der Waals surface area contributed by atoms with E-state index in [-0.39, 0.29) is 11.9 Å². The van der Waals surface area contributed by atoms with Crippen molar-refractivity contribution in [2.45, 2.75) is 39.3 Å². The van der Waals surface area contributed by atoms with Crippen molar-refractivity contribution < 1.29 is 9.90 Å². The van der Waals surface area contributed by atoms with E-state index < -0.39 is 5.60 Å². The highest BCUT2D eigenvalue weighted by Crippen LogP contribution is 2.32. The maximum absolute atomic E-state index is 13.0. The van der Waals surface area contributed by atoms with Crippen molar-refractivity contribution in [2.24, 2.45) is 0 Å². The average molecular weight is 402 g/mol. The Bertz CT molecular complexity index is 1320. The van der Waals surface area contributed by atoms with E-state index in [9.17, 15) is 9.90 Å². The Morgan fingerprint density at radius 3 is 2.70 bits per heavy atom. The van der Waals surface area contributed by atoms with Crippen LogP contribution in [0.4, 0.5) is 5.69 Å². The van der Waals surface area contributed by atoms with Crippen molar-refractivity contribution in [1.82, 2.24) is 19.4 Å². The van der Waals surface area contributed by atoms with Crippen molar-refractivity contribution in [3.63, 3.8) is 0 Å². The number of anilines is 1. The Morgan fingerprint density at radius 1 is 1.27 bits per heavy atom. The molecule has 0 aliphatic carbocycles. The Morgan fingerprint density at radius 2 is 2.03 bits per heavy atom. The summed E-state index contributed by atoms with van der Waals surface area (Å²) in [4.78, 5) is 13.0. The predicted molar refractivity (Wildman–Crippen MR) is 113 cm³/mol. The number of carbonyl (C=O) groups excluding carboxylic acids is 1. The summed E-state index contributed by atoms with van der Waals surface area (Å²) in [5.74, 6) is -0.367. The molecule has 8 nitrogen and oxygen atoms in total. The number of aliphatic hydroxyl groups is 1. The van der Waals surface area contributed by atoms with Gasteiger partial charge >= 0.3 is 0 Å². The summed E-state index contributed by atoms with van der Waals surface area (Å²) in [6.07, 6.45) is 3.33. The Kier molecular flexibility index (Phi) is 4.56. The van der Waals surface area contributed by atoms with Crippen LogP contribution in [-0.2, 0) is 5.60 Å². The highest BCUT2D eigenvalue weighted by Gasteiger charge is 2.24. The number of aromatic nitrogens is 4. The van der Waals surface area contributed by atoms with Crippen LogP contribution in [0.3, 0.4) is 0 Å². The molecule has 0 aliphatic rings. The van der Waals surface area contributed by atoms with Crippen molar-refractivity contribution in [3.05, 3.63) is 59.5 Å². The minimum atomic E-state index is -1.18. The fourth-order valence-electron chi connectivity index (χ4n) is 3.38. The normalized spacial score (nSPS) is 11.9. The molecule has 2 N–H and O–H groups in total. The number of hydrogen-bond donors (Lipinski definition) is 2. The van der Waals surface area contributed by atoms with E-state index in [4.69, 9.17) is 5.26 Å². The van der Waals surface area contributed by atoms with Crippen LogP contribution in [0.15, 0.2) is 42.7 Å². The lowest BCUT2D eigenvalue weighted by atomic mass is 9.95. The molecule has 0 atom stereocenters. The van der Waals surface area contributed by atoms with Crippen molar-refractivity contribution in [2.75, 3.05) is 5.32 Å². The molecule has 4 rings (SSSR count). The third kappa shape index (κ3) is 3.40. The first kappa shape index (κ1) is 19.6. The van der Waals surface area contributed by atoms with Crippen molar-refractivity contribution in [3.8, 4) is 6.07 Å². The van der Waals surface area contributed by atoms with E-state index in [1.165, 1.54) is 10.7 Å². The van der Waals surface area contributed by atoms with Gasteiger partial charge in [0.2, 0.25) is 0 Å². The standard InChI is InChI=1S/C22H22N6O2/c1-13(2)27-12-15-8-19(17(22(3,4)30)9-18(15)26-27)25-21(29)20-6-5-16-7-14(10-23)11-24-28(16)20/h5-9,11-13,30H,1-4H3,(H,25,29). The fourth-order valence-corrected chi connectivity index (χ4v) is 3.38. The minimum absolute atomic E-state index is 0.192. The molecular weight excluding hydrogens is 380 g/mol. The molecule has 30 heavy (non-hydrogen) atoms. The number of rotatable bonds is 4. The van der Waals surface area contributed by atoms with Crippen LogP contribution in [0.1, 0.15) is 55.4 Å². The maximum Gasteiger partial charge on any atom is 0.274 e. The van der Waals surface area contributed by atoms with Crippen LogP contribution in [0.2, 0.25) is 0 Å². The van der Waals surface area contributed by atoms with Gasteiger partial charge in [-0.05, 0) is 58.0 Å². The smallest absolute Gasteiger partial charge is 0.274 e. The van der Waals surface area contributed by atoms with Gasteiger partial charge in [0.15, 0.2) is 0 Å². The molecule has 0 spiro atoms. The molecular formula is C22H22N6O2. The second kappa shape index (κ2) is 6.97. The number of benzene rings is 1. The number of hydrogen-bond acceptors (Lipinski definition) is 5. The zero-order valence-corrected chi connectivity index (χ0v) is 17.2. The molecule has 0 saturated heterocycles. The first-order valence-electron chi connectivity index (χ1n) is 9.62. The van der Waals surface area contributed by atoms with Gasteiger partial charge in [0.1, 0.15) is 11.8 Å². The quantitative estimate of drug-likeness (QED) is 0.542. The average Bonchev–Trinajstić information content (AvgIpc) is 3.29. The lowest BCUT2D eigenvalue weighted by Crippen LogP contribution is -2.22. The largest absolute Gasteiger partial charge is 0.386 e. The van der Waals surface area contributed by atoms with Crippen molar-refractivity contribution >= 4 is 28.0 Å². The molecule has 8 heteroatoms. The second-order valence-corrected chi connectivity index (χ2v) is 8.08. The molecule has 0 unspecified atom stereocenters. The Balaban J connectivity index is 1.77. The number of fused-ring (bicyclic) bond motifs is 2. The molecule has 4 aromatic rings. The fraction of sp³-hybridized carbons (Fsp3) is 0.273. The van der Waals surface area contributed by atoms with Gasteiger partial charge in [-0.2, -0.15) is 15.5 Å². The molecule has 0 fully saturated rings. The molecule has 1 amide bonds. The molecule has 1 aromatic carbocycles. The number of amides is 1. The van der Waals surface area contributed by atoms with Gasteiger partial charge in [-0.3, -0.25) is 9.48 Å². The van der Waals surface area contributed by atoms with Gasteiger partial charge in [-0.25, -0.2) is 4.52 Å². The van der Waals surface area contributed by atoms with Crippen LogP contribution in [-0.4, -0.2) is 30.4 Å². The topological polar surface area (TPSA) is 108 Å². The Labute approximate surface area is 173 Å². The molecule has 0 radical (unpaired) electrons. The lowest BCUT2D eigenvalue weighted by Gasteiger charge is -2.22. The van der Waals surface area contributed by atoms with E-state index >= 15 is 0 Å². The summed E-state index contributed by atoms with van der Waals surface area (Å²) >= 11 is 0. The van der Waals surface area contributed by atoms with E-state index in [0.717, 1.165) is 10.9 Å². The summed E-state index contributed by atoms with van der Waals surface area (Å²) in [7, 11) is 0. The summed E-state index contributed by atoms with van der Waals surface area (Å²) < 4.78 is 3.33. The monoisotopic (exact) mass is 402 g/mol.